The monoisotopic (exact) mass is 245 g/mol. The van der Waals surface area contributed by atoms with Crippen molar-refractivity contribution in [1.29, 1.82) is 0 Å². The average molecular weight is 245 g/mol. The van der Waals surface area contributed by atoms with Gasteiger partial charge in [-0.05, 0) is 13.0 Å². The zero-order chi connectivity index (χ0) is 13.3. The van der Waals surface area contributed by atoms with Crippen LogP contribution in [0, 0.1) is 6.92 Å². The van der Waals surface area contributed by atoms with E-state index in [1.54, 1.807) is 0 Å². The van der Waals surface area contributed by atoms with Crippen LogP contribution in [0.25, 0.3) is 10.9 Å². The largest absolute Gasteiger partial charge is 0.358 e. The van der Waals surface area contributed by atoms with E-state index in [0.29, 0.717) is 6.42 Å². The Morgan fingerprint density at radius 2 is 1.89 bits per heavy atom. The second kappa shape index (κ2) is 4.58. The summed E-state index contributed by atoms with van der Waals surface area (Å²) in [6.45, 7) is 2.83. The summed E-state index contributed by atoms with van der Waals surface area (Å²) in [5.74, 6) is 0.234. The first kappa shape index (κ1) is 12.8. The van der Waals surface area contributed by atoms with E-state index in [4.69, 9.17) is 0 Å². The van der Waals surface area contributed by atoms with E-state index in [-0.39, 0.29) is 5.78 Å². The number of fused-ring (bicyclic) bond motifs is 1. The van der Waals surface area contributed by atoms with Gasteiger partial charge in [-0.15, -0.1) is 0 Å². The summed E-state index contributed by atoms with van der Waals surface area (Å²) in [5.41, 5.74) is 2.88. The normalized spacial score (nSPS) is 12.0. The van der Waals surface area contributed by atoms with E-state index in [1.165, 1.54) is 0 Å². The Labute approximate surface area is 108 Å². The molecule has 0 aliphatic rings. The molecule has 3 heteroatoms. The first-order chi connectivity index (χ1) is 8.38. The number of nitrogens with zero attached hydrogens (tertiary/aromatic N) is 1. The van der Waals surface area contributed by atoms with Crippen LogP contribution in [0.3, 0.4) is 0 Å². The van der Waals surface area contributed by atoms with Crippen molar-refractivity contribution in [2.45, 2.75) is 13.3 Å². The van der Waals surface area contributed by atoms with Crippen molar-refractivity contribution in [3.8, 4) is 0 Å². The lowest BCUT2D eigenvalue weighted by molar-refractivity contribution is -0.869. The smallest absolute Gasteiger partial charge is 0.170 e. The molecule has 1 aromatic carbocycles. The summed E-state index contributed by atoms with van der Waals surface area (Å²) < 4.78 is 0.813. The number of quaternary nitrogens is 1. The lowest BCUT2D eigenvalue weighted by Gasteiger charge is -2.23. The Morgan fingerprint density at radius 1 is 1.22 bits per heavy atom. The molecule has 1 aromatic heterocycles. The number of aryl methyl sites for hydroxylation is 1. The molecule has 0 amide bonds. The number of aromatic amines is 1. The highest BCUT2D eigenvalue weighted by Crippen LogP contribution is 2.23. The number of nitrogens with one attached hydrogen (secondary N) is 1. The van der Waals surface area contributed by atoms with Gasteiger partial charge in [-0.1, -0.05) is 18.2 Å². The van der Waals surface area contributed by atoms with Gasteiger partial charge in [-0.25, -0.2) is 0 Å². The first-order valence-electron chi connectivity index (χ1n) is 6.29. The Morgan fingerprint density at radius 3 is 2.56 bits per heavy atom. The van der Waals surface area contributed by atoms with E-state index >= 15 is 0 Å². The number of hydrogen-bond acceptors (Lipinski definition) is 1. The third kappa shape index (κ3) is 2.62. The minimum Gasteiger partial charge on any atom is -0.358 e. The molecule has 96 valence electrons. The fourth-order valence-corrected chi connectivity index (χ4v) is 2.20. The van der Waals surface area contributed by atoms with Gasteiger partial charge in [0.15, 0.2) is 5.78 Å². The summed E-state index contributed by atoms with van der Waals surface area (Å²) in [7, 11) is 6.32. The molecular formula is C15H21N2O+. The lowest BCUT2D eigenvalue weighted by atomic mass is 10.0. The second-order valence-electron chi connectivity index (χ2n) is 5.86. The number of rotatable bonds is 4. The maximum atomic E-state index is 12.4. The Hall–Kier alpha value is -1.61. The van der Waals surface area contributed by atoms with Crippen molar-refractivity contribution >= 4 is 16.7 Å². The zero-order valence-corrected chi connectivity index (χ0v) is 11.6. The van der Waals surface area contributed by atoms with E-state index in [1.807, 2.05) is 31.2 Å². The highest BCUT2D eigenvalue weighted by Gasteiger charge is 2.18. The molecule has 1 N–H and O–H groups in total. The Kier molecular flexibility index (Phi) is 3.26. The van der Waals surface area contributed by atoms with Gasteiger partial charge < -0.3 is 9.47 Å². The van der Waals surface area contributed by atoms with Gasteiger partial charge in [0.2, 0.25) is 0 Å². The minimum absolute atomic E-state index is 0.234. The molecule has 2 rings (SSSR count). The fourth-order valence-electron chi connectivity index (χ4n) is 2.20. The first-order valence-corrected chi connectivity index (χ1v) is 6.29. The standard InChI is InChI=1S/C15H20N2O/c1-11-15(14(18)9-10-17(2,3)4)12-7-5-6-8-13(12)16-11/h5-8H,9-10H2,1-4H3/p+1. The van der Waals surface area contributed by atoms with Crippen LogP contribution in [0.15, 0.2) is 24.3 Å². The number of carbonyl (C=O) groups is 1. The highest BCUT2D eigenvalue weighted by molar-refractivity contribution is 6.09. The maximum Gasteiger partial charge on any atom is 0.170 e. The van der Waals surface area contributed by atoms with Gasteiger partial charge >= 0.3 is 0 Å². The van der Waals surface area contributed by atoms with Crippen molar-refractivity contribution in [2.75, 3.05) is 27.7 Å². The molecule has 0 unspecified atom stereocenters. The number of hydrogen-bond donors (Lipinski definition) is 1. The molecule has 0 saturated heterocycles. The third-order valence-corrected chi connectivity index (χ3v) is 3.18. The van der Waals surface area contributed by atoms with E-state index in [9.17, 15) is 4.79 Å². The predicted octanol–water partition coefficient (Wildman–Crippen LogP) is 2.76. The number of para-hydroxylation sites is 1. The fraction of sp³-hybridized carbons (Fsp3) is 0.400. The van der Waals surface area contributed by atoms with Crippen LogP contribution in [0.5, 0.6) is 0 Å². The van der Waals surface area contributed by atoms with E-state index in [2.05, 4.69) is 26.1 Å². The molecule has 0 atom stereocenters. The van der Waals surface area contributed by atoms with E-state index < -0.39 is 0 Å². The van der Waals surface area contributed by atoms with Crippen molar-refractivity contribution in [1.82, 2.24) is 4.98 Å². The molecule has 0 bridgehead atoms. The number of aromatic nitrogens is 1. The van der Waals surface area contributed by atoms with Crippen LogP contribution in [-0.4, -0.2) is 42.9 Å². The van der Waals surface area contributed by atoms with Crippen molar-refractivity contribution < 1.29 is 9.28 Å². The topological polar surface area (TPSA) is 32.9 Å². The molecule has 1 heterocycles. The van der Waals surface area contributed by atoms with Gasteiger partial charge in [0.25, 0.3) is 0 Å². The Bertz CT molecular complexity index is 576. The maximum absolute atomic E-state index is 12.4. The summed E-state index contributed by atoms with van der Waals surface area (Å²) in [5, 5.41) is 1.04. The van der Waals surface area contributed by atoms with Crippen LogP contribution >= 0.6 is 0 Å². The summed E-state index contributed by atoms with van der Waals surface area (Å²) >= 11 is 0. The number of Topliss-reactive ketones (excluding diaryl/α,β-unsaturated/α-hetero) is 1. The SMILES string of the molecule is Cc1[nH]c2ccccc2c1C(=O)CC[N+](C)(C)C. The zero-order valence-electron chi connectivity index (χ0n) is 11.6. The molecule has 3 nitrogen and oxygen atoms in total. The summed E-state index contributed by atoms with van der Waals surface area (Å²) in [6.07, 6.45) is 0.589. The average Bonchev–Trinajstić information content (AvgIpc) is 2.61. The molecule has 0 fully saturated rings. The second-order valence-corrected chi connectivity index (χ2v) is 5.86. The third-order valence-electron chi connectivity index (χ3n) is 3.18. The number of ketones is 1. The molecule has 18 heavy (non-hydrogen) atoms. The van der Waals surface area contributed by atoms with Gasteiger partial charge in [-0.2, -0.15) is 0 Å². The van der Waals surface area contributed by atoms with Crippen LogP contribution in [0.1, 0.15) is 22.5 Å². The van der Waals surface area contributed by atoms with Gasteiger partial charge in [0.05, 0.1) is 34.1 Å². The van der Waals surface area contributed by atoms with Crippen LogP contribution in [-0.2, 0) is 0 Å². The summed E-state index contributed by atoms with van der Waals surface area (Å²) in [4.78, 5) is 15.6. The van der Waals surface area contributed by atoms with Crippen molar-refractivity contribution in [3.63, 3.8) is 0 Å². The Balaban J connectivity index is 2.30. The van der Waals surface area contributed by atoms with Crippen LogP contribution in [0.4, 0.5) is 0 Å². The highest BCUT2D eigenvalue weighted by atomic mass is 16.1. The van der Waals surface area contributed by atoms with Gasteiger partial charge in [-0.3, -0.25) is 4.79 Å². The quantitative estimate of drug-likeness (QED) is 0.652. The summed E-state index contributed by atoms with van der Waals surface area (Å²) in [6, 6.07) is 7.99. The van der Waals surface area contributed by atoms with Crippen molar-refractivity contribution in [2.24, 2.45) is 0 Å². The molecule has 2 aromatic rings. The van der Waals surface area contributed by atoms with Crippen LogP contribution < -0.4 is 0 Å². The van der Waals surface area contributed by atoms with Gasteiger partial charge in [0, 0.05) is 22.2 Å². The van der Waals surface area contributed by atoms with Gasteiger partial charge in [0.1, 0.15) is 0 Å². The predicted molar refractivity (Wildman–Crippen MR) is 74.9 cm³/mol. The van der Waals surface area contributed by atoms with E-state index in [0.717, 1.165) is 33.2 Å². The number of carbonyl (C=O) groups excluding carboxylic acids is 1. The number of H-pyrrole nitrogens is 1. The van der Waals surface area contributed by atoms with Crippen LogP contribution in [0.2, 0.25) is 0 Å². The molecule has 0 saturated carbocycles. The number of benzene rings is 1. The molecule has 0 radical (unpaired) electrons. The molecule has 0 spiro atoms. The molecule has 0 aliphatic heterocycles. The van der Waals surface area contributed by atoms with Crippen molar-refractivity contribution in [3.05, 3.63) is 35.5 Å². The molecule has 0 aliphatic carbocycles. The minimum atomic E-state index is 0.234. The lowest BCUT2D eigenvalue weighted by Crippen LogP contribution is -2.36. The molecular weight excluding hydrogens is 224 g/mol.